The van der Waals surface area contributed by atoms with Gasteiger partial charge in [-0.1, -0.05) is 384 Å². The van der Waals surface area contributed by atoms with Crippen molar-refractivity contribution in [2.45, 2.75) is 209 Å². The molecule has 0 saturated carbocycles. The topological polar surface area (TPSA) is 16.3 Å². The van der Waals surface area contributed by atoms with E-state index in [1.54, 1.807) is 4.57 Å². The second kappa shape index (κ2) is 28.5. The number of fused-ring (bicyclic) bond motifs is 10. The Bertz CT molecular complexity index is 7490. The van der Waals surface area contributed by atoms with Crippen molar-refractivity contribution in [3.05, 3.63) is 329 Å². The molecule has 2 aromatic heterocycles. The first kappa shape index (κ1) is 66.1. The Labute approximate surface area is 739 Å². The normalized spacial score (nSPS) is 15.1. The van der Waals surface area contributed by atoms with E-state index in [9.17, 15) is 16.4 Å². The molecule has 606 valence electrons. The Kier molecular flexibility index (Phi) is 15.6. The maximum atomic E-state index is 10.1. The van der Waals surface area contributed by atoms with Crippen LogP contribution in [0.5, 0.6) is 0 Å². The van der Waals surface area contributed by atoms with Gasteiger partial charge in [0.25, 0.3) is 6.71 Å². The van der Waals surface area contributed by atoms with E-state index in [2.05, 4.69) is 369 Å². The van der Waals surface area contributed by atoms with Gasteiger partial charge >= 0.3 is 0 Å². The lowest BCUT2D eigenvalue weighted by Crippen LogP contribution is -2.61. The molecule has 2 aliphatic rings. The van der Waals surface area contributed by atoms with Crippen LogP contribution < -0.4 is 26.2 Å². The average molecular weight is 1590 g/mol. The van der Waals surface area contributed by atoms with Gasteiger partial charge in [0.15, 0.2) is 0 Å². The molecule has 4 heterocycles. The van der Waals surface area contributed by atoms with Crippen LogP contribution in [0.3, 0.4) is 0 Å². The van der Waals surface area contributed by atoms with E-state index >= 15 is 0 Å². The van der Waals surface area contributed by atoms with Gasteiger partial charge < -0.3 is 18.9 Å². The van der Waals surface area contributed by atoms with Crippen molar-refractivity contribution in [3.8, 4) is 67.0 Å². The molecule has 0 fully saturated rings. The van der Waals surface area contributed by atoms with Crippen molar-refractivity contribution >= 4 is 101 Å². The third kappa shape index (κ3) is 14.0. The molecule has 4 nitrogen and oxygen atoms in total. The minimum absolute atomic E-state index is 0.0272. The van der Waals surface area contributed by atoms with Crippen LogP contribution in [0, 0.1) is 0 Å². The summed E-state index contributed by atoms with van der Waals surface area (Å²) in [6, 6.07) is 69.7. The predicted molar refractivity (Wildman–Crippen MR) is 526 cm³/mol. The van der Waals surface area contributed by atoms with E-state index in [4.69, 9.17) is 1.37 Å². The van der Waals surface area contributed by atoms with E-state index in [-0.39, 0.29) is 71.9 Å². The van der Waals surface area contributed by atoms with Crippen molar-refractivity contribution in [2.24, 2.45) is 0 Å². The van der Waals surface area contributed by atoms with Crippen LogP contribution in [0.25, 0.3) is 111 Å². The first-order valence-electron chi connectivity index (χ1n) is 49.5. The van der Waals surface area contributed by atoms with Crippen molar-refractivity contribution in [2.75, 3.05) is 9.80 Å². The fourth-order valence-electron chi connectivity index (χ4n) is 18.7. The molecule has 0 radical (unpaired) electrons. The fourth-order valence-corrected chi connectivity index (χ4v) is 18.7. The summed E-state index contributed by atoms with van der Waals surface area (Å²) in [5.41, 5.74) is 24.3. The van der Waals surface area contributed by atoms with E-state index in [1.807, 2.05) is 18.2 Å². The van der Waals surface area contributed by atoms with Crippen molar-refractivity contribution in [1.82, 2.24) is 9.13 Å². The number of benzene rings is 14. The molecule has 0 spiro atoms. The number of rotatable bonds is 9. The van der Waals surface area contributed by atoms with Crippen molar-refractivity contribution in [1.29, 1.82) is 0 Å². The van der Waals surface area contributed by atoms with Crippen LogP contribution in [0.2, 0.25) is 0 Å². The molecule has 18 rings (SSSR count). The van der Waals surface area contributed by atoms with Gasteiger partial charge in [0.05, 0.1) is 56.9 Å². The Morgan fingerprint density at radius 1 is 0.240 bits per heavy atom. The zero-order valence-electron chi connectivity index (χ0n) is 88.0. The molecule has 16 aromatic rings. The summed E-state index contributed by atoms with van der Waals surface area (Å²) >= 11 is 0. The highest BCUT2D eigenvalue weighted by Crippen LogP contribution is 2.57. The predicted octanol–water partition coefficient (Wildman–Crippen LogP) is 30.7. The highest BCUT2D eigenvalue weighted by atomic mass is 15.2. The molecular formula is C116H119BN4. The summed E-state index contributed by atoms with van der Waals surface area (Å²) in [5.74, 6) is 0. The minimum atomic E-state index is -0.778. The van der Waals surface area contributed by atoms with Crippen LogP contribution in [0.1, 0.15) is 228 Å². The van der Waals surface area contributed by atoms with Gasteiger partial charge in [-0.05, 0) is 204 Å². The molecule has 0 amide bonds. The molecule has 14 aromatic carbocycles. The van der Waals surface area contributed by atoms with E-state index < -0.39 is 84.0 Å². The smallest absolute Gasteiger partial charge is 0.252 e. The van der Waals surface area contributed by atoms with Gasteiger partial charge in [0.1, 0.15) is 0 Å². The Balaban J connectivity index is 1.12. The number of hydrogen-bond acceptors (Lipinski definition) is 2. The molecule has 5 heteroatoms. The quantitative estimate of drug-likeness (QED) is 0.134. The average Bonchev–Trinajstić information content (AvgIpc) is 1.11. The molecule has 0 bridgehead atoms. The lowest BCUT2D eigenvalue weighted by atomic mass is 9.33. The van der Waals surface area contributed by atoms with Crippen molar-refractivity contribution < 1.29 is 17.8 Å². The molecule has 2 aliphatic heterocycles. The van der Waals surface area contributed by atoms with Crippen LogP contribution in [0.15, 0.2) is 285 Å². The SMILES string of the molecule is [2H]c1c([2H])c([2H])c(-c2ccc3c(c2)N(c2c(-c4ccc(C(C)(C)C)cc4)cccc2-c2ccc(C(C)(C)C)cc2C(C)(C)C)c2cc(-n4c5ccc(C(C)(C)C)cc5c5cc(C(C)(C)C)ccc54)cc4c2B3c2ccc(-n3c5c([2H])c([2H])c([2H])c([2H])c5c5c([2H])c([2H])c([2H])c([2H])c53)cc2N4c2c(-c3ccc(C(C)(C)C)cc3)cccc2-c2ccc(C(C)(C)C)cc2C(C)(C)C)c([2H])c1[2H]. The lowest BCUT2D eigenvalue weighted by molar-refractivity contribution is 0.569. The zero-order valence-corrected chi connectivity index (χ0v) is 75.0. The fraction of sp³-hybridized carbons (Fsp3) is 0.276. The maximum absolute atomic E-state index is 10.1. The first-order valence-corrected chi connectivity index (χ1v) is 43.0. The summed E-state index contributed by atoms with van der Waals surface area (Å²) in [7, 11) is 0. The number of para-hydroxylation sites is 4. The molecule has 0 atom stereocenters. The lowest BCUT2D eigenvalue weighted by Gasteiger charge is -2.46. The summed E-state index contributed by atoms with van der Waals surface area (Å²) < 4.78 is 129. The molecule has 121 heavy (non-hydrogen) atoms. The third-order valence-corrected chi connectivity index (χ3v) is 25.5. The Morgan fingerprint density at radius 3 is 1.01 bits per heavy atom. The van der Waals surface area contributed by atoms with Crippen LogP contribution in [0.4, 0.5) is 34.1 Å². The van der Waals surface area contributed by atoms with Crippen molar-refractivity contribution in [3.63, 3.8) is 0 Å². The number of hydrogen-bond donors (Lipinski definition) is 0. The number of anilines is 6. The van der Waals surface area contributed by atoms with Gasteiger partial charge in [-0.25, -0.2) is 0 Å². The van der Waals surface area contributed by atoms with Crippen LogP contribution >= 0.6 is 0 Å². The molecule has 0 unspecified atom stereocenters. The number of aromatic nitrogens is 2. The highest BCUT2D eigenvalue weighted by Gasteiger charge is 2.47. The maximum Gasteiger partial charge on any atom is 0.252 e. The standard InChI is InChI=1S/C116H119BN4/c1-109(2,3)76-49-44-73(45-50-76)84-38-32-40-90(86-58-53-80(113(13,14)15)67-94(86)115(19,20)21)107(84)120-102-64-75(72-34-26-25-27-35-72)48-60-96(102)117-97-61-57-82(118-98-42-30-28-36-88(98)89-37-29-31-43-99(89)118)69-103(97)121(105-71-83(70-104(120)106(105)117)119-100-62-55-78(111(7,8)9)65-92(100)93-66-79(112(10,11)12)56-63-101(93)119)108-85(74-46-51-77(52-47-74)110(4,5)6)39-33-41-91(108)87-59-54-81(114(16,17)18)68-95(87)116(22,23)24/h25-71H,1-24H3/i25D,26D,27D,28D,29D,30D,31D,34D,35D,36D,37D,42D,43D. The molecule has 0 aliphatic carbocycles. The summed E-state index contributed by atoms with van der Waals surface area (Å²) in [6.45, 7) is 53.3. The van der Waals surface area contributed by atoms with Gasteiger partial charge in [0.2, 0.25) is 0 Å². The monoisotopic (exact) mass is 1590 g/mol. The summed E-state index contributed by atoms with van der Waals surface area (Å²) in [6.07, 6.45) is 0. The molecule has 0 saturated heterocycles. The second-order valence-corrected chi connectivity index (χ2v) is 42.2. The largest absolute Gasteiger partial charge is 0.310 e. The molecule has 0 N–H and O–H groups in total. The van der Waals surface area contributed by atoms with E-state index in [0.717, 1.165) is 150 Å². The van der Waals surface area contributed by atoms with Gasteiger partial charge in [0, 0.05) is 72.2 Å². The summed E-state index contributed by atoms with van der Waals surface area (Å²) in [5, 5.41) is 2.01. The zero-order chi connectivity index (χ0) is 96.8. The molecular weight excluding hydrogens is 1460 g/mol. The van der Waals surface area contributed by atoms with Gasteiger partial charge in [-0.3, -0.25) is 0 Å². The summed E-state index contributed by atoms with van der Waals surface area (Å²) in [4.78, 5) is 4.89. The van der Waals surface area contributed by atoms with Gasteiger partial charge in [-0.15, -0.1) is 0 Å². The Hall–Kier alpha value is -11.7. The second-order valence-electron chi connectivity index (χ2n) is 42.2. The Morgan fingerprint density at radius 2 is 0.587 bits per heavy atom. The van der Waals surface area contributed by atoms with Crippen LogP contribution in [-0.2, 0) is 43.3 Å². The van der Waals surface area contributed by atoms with E-state index in [0.29, 0.717) is 22.6 Å². The minimum Gasteiger partial charge on any atom is -0.310 e. The third-order valence-electron chi connectivity index (χ3n) is 25.5. The highest BCUT2D eigenvalue weighted by molar-refractivity contribution is 7.00. The van der Waals surface area contributed by atoms with Gasteiger partial charge in [-0.2, -0.15) is 0 Å². The first-order chi connectivity index (χ1) is 62.5. The number of nitrogens with zero attached hydrogens (tertiary/aromatic N) is 4. The van der Waals surface area contributed by atoms with E-state index in [1.165, 1.54) is 5.56 Å². The van der Waals surface area contributed by atoms with Crippen LogP contribution in [-0.4, -0.2) is 15.8 Å².